The van der Waals surface area contributed by atoms with Crippen molar-refractivity contribution >= 4 is 12.1 Å². The van der Waals surface area contributed by atoms with Crippen LogP contribution in [0.4, 0.5) is 4.79 Å². The van der Waals surface area contributed by atoms with Crippen molar-refractivity contribution in [1.29, 1.82) is 0 Å². The molecule has 2 atom stereocenters. The van der Waals surface area contributed by atoms with Gasteiger partial charge in [-0.2, -0.15) is 0 Å². The van der Waals surface area contributed by atoms with Crippen LogP contribution >= 0.6 is 0 Å². The minimum atomic E-state index is -0.967. The summed E-state index contributed by atoms with van der Waals surface area (Å²) < 4.78 is 5.19. The van der Waals surface area contributed by atoms with Gasteiger partial charge in [0.25, 0.3) is 0 Å². The monoisotopic (exact) mass is 244 g/mol. The summed E-state index contributed by atoms with van der Waals surface area (Å²) in [5, 5.41) is 8.98. The summed E-state index contributed by atoms with van der Waals surface area (Å²) in [5.74, 6) is -1.68. The summed E-state index contributed by atoms with van der Waals surface area (Å²) in [7, 11) is 0. The molecular weight excluding hydrogens is 224 g/mol. The zero-order valence-corrected chi connectivity index (χ0v) is 10.5. The highest BCUT2D eigenvalue weighted by atomic mass is 16.6. The fourth-order valence-corrected chi connectivity index (χ4v) is 1.72. The van der Waals surface area contributed by atoms with Crippen LogP contribution in [-0.4, -0.2) is 46.8 Å². The number of aliphatic carboxylic acids is 1. The molecule has 0 aliphatic carbocycles. The molecule has 1 fully saturated rings. The number of amides is 1. The number of hydrogen-bond donors (Lipinski definition) is 2. The van der Waals surface area contributed by atoms with Crippen molar-refractivity contribution in [2.75, 3.05) is 13.1 Å². The molecule has 0 radical (unpaired) electrons. The molecule has 17 heavy (non-hydrogen) atoms. The first-order chi connectivity index (χ1) is 7.70. The predicted octanol–water partition coefficient (Wildman–Crippen LogP) is 0.655. The first-order valence-electron chi connectivity index (χ1n) is 5.67. The molecule has 0 spiro atoms. The SMILES string of the molecule is CC(C)(C)OC(=O)N1CC[C@@H](N)[C@@H](C(=O)O)C1. The average molecular weight is 244 g/mol. The molecule has 1 aliphatic rings. The van der Waals surface area contributed by atoms with E-state index in [1.54, 1.807) is 20.8 Å². The van der Waals surface area contributed by atoms with Gasteiger partial charge in [0.05, 0.1) is 5.92 Å². The van der Waals surface area contributed by atoms with E-state index in [4.69, 9.17) is 15.6 Å². The second kappa shape index (κ2) is 4.91. The highest BCUT2D eigenvalue weighted by molar-refractivity contribution is 5.74. The number of nitrogens with two attached hydrogens (primary N) is 1. The standard InChI is InChI=1S/C11H20N2O4/c1-11(2,3)17-10(16)13-5-4-8(12)7(6-13)9(14)15/h7-8H,4-6,12H2,1-3H3,(H,14,15)/t7-,8+/m0/s1. The molecule has 0 aromatic heterocycles. The minimum absolute atomic E-state index is 0.116. The van der Waals surface area contributed by atoms with Gasteiger partial charge in [0, 0.05) is 19.1 Å². The van der Waals surface area contributed by atoms with Crippen molar-refractivity contribution in [2.45, 2.75) is 38.8 Å². The molecule has 6 nitrogen and oxygen atoms in total. The van der Waals surface area contributed by atoms with Crippen LogP contribution in [0, 0.1) is 5.92 Å². The van der Waals surface area contributed by atoms with E-state index in [2.05, 4.69) is 0 Å². The molecule has 1 aliphatic heterocycles. The van der Waals surface area contributed by atoms with E-state index in [9.17, 15) is 9.59 Å². The van der Waals surface area contributed by atoms with E-state index in [0.717, 1.165) is 0 Å². The highest BCUT2D eigenvalue weighted by Gasteiger charge is 2.35. The Hall–Kier alpha value is -1.30. The summed E-state index contributed by atoms with van der Waals surface area (Å²) in [5.41, 5.74) is 5.14. The van der Waals surface area contributed by atoms with E-state index in [1.165, 1.54) is 4.90 Å². The van der Waals surface area contributed by atoms with Crippen molar-refractivity contribution in [3.8, 4) is 0 Å². The molecule has 1 rings (SSSR count). The first kappa shape index (κ1) is 13.8. The third-order valence-corrected chi connectivity index (χ3v) is 2.64. The largest absolute Gasteiger partial charge is 0.481 e. The molecule has 3 N–H and O–H groups in total. The maximum atomic E-state index is 11.8. The quantitative estimate of drug-likeness (QED) is 0.706. The Labute approximate surface area is 101 Å². The van der Waals surface area contributed by atoms with Gasteiger partial charge in [-0.1, -0.05) is 0 Å². The van der Waals surface area contributed by atoms with Crippen LogP contribution in [0.2, 0.25) is 0 Å². The molecule has 1 heterocycles. The summed E-state index contributed by atoms with van der Waals surface area (Å²) in [6.07, 6.45) is 0.00610. The average Bonchev–Trinajstić information content (AvgIpc) is 2.14. The number of carbonyl (C=O) groups excluding carboxylic acids is 1. The Bertz CT molecular complexity index is 311. The molecule has 0 aromatic rings. The lowest BCUT2D eigenvalue weighted by molar-refractivity contribution is -0.144. The van der Waals surface area contributed by atoms with E-state index in [1.807, 2.05) is 0 Å². The maximum Gasteiger partial charge on any atom is 0.410 e. The number of ether oxygens (including phenoxy) is 1. The predicted molar refractivity (Wildman–Crippen MR) is 61.5 cm³/mol. The number of carboxylic acids is 1. The van der Waals surface area contributed by atoms with Gasteiger partial charge in [0.1, 0.15) is 5.60 Å². The maximum absolute atomic E-state index is 11.8. The number of likely N-dealkylation sites (tertiary alicyclic amines) is 1. The van der Waals surface area contributed by atoms with Crippen LogP contribution in [0.3, 0.4) is 0 Å². The van der Waals surface area contributed by atoms with Gasteiger partial charge in [-0.05, 0) is 27.2 Å². The smallest absolute Gasteiger partial charge is 0.410 e. The molecule has 0 bridgehead atoms. The lowest BCUT2D eigenvalue weighted by Gasteiger charge is -2.35. The molecular formula is C11H20N2O4. The normalized spacial score (nSPS) is 25.5. The van der Waals surface area contributed by atoms with E-state index < -0.39 is 29.6 Å². The summed E-state index contributed by atoms with van der Waals surface area (Å²) >= 11 is 0. The van der Waals surface area contributed by atoms with E-state index in [-0.39, 0.29) is 6.54 Å². The molecule has 98 valence electrons. The molecule has 1 amide bonds. The summed E-state index contributed by atoms with van der Waals surface area (Å²) in [6.45, 7) is 5.88. The first-order valence-corrected chi connectivity index (χ1v) is 5.67. The topological polar surface area (TPSA) is 92.9 Å². The van der Waals surface area contributed by atoms with Crippen molar-refractivity contribution in [1.82, 2.24) is 4.90 Å². The number of piperidine rings is 1. The van der Waals surface area contributed by atoms with Crippen LogP contribution in [-0.2, 0) is 9.53 Å². The van der Waals surface area contributed by atoms with Gasteiger partial charge in [0.2, 0.25) is 0 Å². The highest BCUT2D eigenvalue weighted by Crippen LogP contribution is 2.18. The van der Waals surface area contributed by atoms with Crippen LogP contribution in [0.15, 0.2) is 0 Å². The molecule has 1 saturated heterocycles. The lowest BCUT2D eigenvalue weighted by atomic mass is 9.93. The number of nitrogens with zero attached hydrogens (tertiary/aromatic N) is 1. The van der Waals surface area contributed by atoms with Crippen molar-refractivity contribution in [3.05, 3.63) is 0 Å². The van der Waals surface area contributed by atoms with Crippen LogP contribution in [0.5, 0.6) is 0 Å². The Morgan fingerprint density at radius 3 is 2.47 bits per heavy atom. The Kier molecular flexibility index (Phi) is 3.98. The third-order valence-electron chi connectivity index (χ3n) is 2.64. The van der Waals surface area contributed by atoms with Crippen LogP contribution < -0.4 is 5.73 Å². The molecule has 0 saturated carbocycles. The molecule has 6 heteroatoms. The molecule has 0 aromatic carbocycles. The second-order valence-corrected chi connectivity index (χ2v) is 5.32. The Morgan fingerprint density at radius 1 is 1.41 bits per heavy atom. The van der Waals surface area contributed by atoms with Gasteiger partial charge in [-0.15, -0.1) is 0 Å². The Balaban J connectivity index is 2.62. The summed E-state index contributed by atoms with van der Waals surface area (Å²) in [6, 6.07) is -0.397. The fourth-order valence-electron chi connectivity index (χ4n) is 1.72. The van der Waals surface area contributed by atoms with Crippen molar-refractivity contribution < 1.29 is 19.4 Å². The second-order valence-electron chi connectivity index (χ2n) is 5.32. The zero-order chi connectivity index (χ0) is 13.2. The number of carbonyl (C=O) groups is 2. The summed E-state index contributed by atoms with van der Waals surface area (Å²) in [4.78, 5) is 24.1. The van der Waals surface area contributed by atoms with E-state index in [0.29, 0.717) is 13.0 Å². The number of hydrogen-bond acceptors (Lipinski definition) is 4. The van der Waals surface area contributed by atoms with Crippen LogP contribution in [0.25, 0.3) is 0 Å². The van der Waals surface area contributed by atoms with Crippen LogP contribution in [0.1, 0.15) is 27.2 Å². The van der Waals surface area contributed by atoms with Gasteiger partial charge < -0.3 is 20.5 Å². The van der Waals surface area contributed by atoms with Gasteiger partial charge >= 0.3 is 12.1 Å². The number of rotatable bonds is 1. The van der Waals surface area contributed by atoms with Crippen molar-refractivity contribution in [2.24, 2.45) is 11.7 Å². The minimum Gasteiger partial charge on any atom is -0.481 e. The van der Waals surface area contributed by atoms with Gasteiger partial charge in [-0.3, -0.25) is 4.79 Å². The Morgan fingerprint density at radius 2 is 2.00 bits per heavy atom. The van der Waals surface area contributed by atoms with Crippen molar-refractivity contribution in [3.63, 3.8) is 0 Å². The fraction of sp³-hybridized carbons (Fsp3) is 0.818. The lowest BCUT2D eigenvalue weighted by Crippen LogP contribution is -2.52. The van der Waals surface area contributed by atoms with Gasteiger partial charge in [0.15, 0.2) is 0 Å². The number of carboxylic acid groups (broad SMARTS) is 1. The van der Waals surface area contributed by atoms with E-state index >= 15 is 0 Å². The molecule has 0 unspecified atom stereocenters. The third kappa shape index (κ3) is 3.89. The zero-order valence-electron chi connectivity index (χ0n) is 10.5. The van der Waals surface area contributed by atoms with Gasteiger partial charge in [-0.25, -0.2) is 4.79 Å².